The number of terminal acetylenes is 1. The molecular formula is C11H17N3O2. The van der Waals surface area contributed by atoms with E-state index in [2.05, 4.69) is 11.2 Å². The van der Waals surface area contributed by atoms with Gasteiger partial charge in [-0.1, -0.05) is 19.8 Å². The summed E-state index contributed by atoms with van der Waals surface area (Å²) in [4.78, 5) is 23.9. The Labute approximate surface area is 95.4 Å². The summed E-state index contributed by atoms with van der Waals surface area (Å²) in [6.45, 7) is 4.65. The number of hydrogen-bond donors (Lipinski definition) is 2. The van der Waals surface area contributed by atoms with Crippen LogP contribution in [0.3, 0.4) is 0 Å². The predicted molar refractivity (Wildman–Crippen MR) is 60.2 cm³/mol. The Morgan fingerprint density at radius 2 is 2.06 bits per heavy atom. The zero-order valence-corrected chi connectivity index (χ0v) is 9.56. The topological polar surface area (TPSA) is 75.4 Å². The maximum Gasteiger partial charge on any atom is 0.318 e. The highest BCUT2D eigenvalue weighted by Gasteiger charge is 2.34. The van der Waals surface area contributed by atoms with Gasteiger partial charge in [0.15, 0.2) is 0 Å². The molecule has 1 rings (SSSR count). The van der Waals surface area contributed by atoms with E-state index >= 15 is 0 Å². The molecule has 0 aromatic carbocycles. The Morgan fingerprint density at radius 1 is 1.50 bits per heavy atom. The van der Waals surface area contributed by atoms with Crippen molar-refractivity contribution in [2.45, 2.75) is 19.9 Å². The second kappa shape index (κ2) is 4.88. The smallest absolute Gasteiger partial charge is 0.318 e. The van der Waals surface area contributed by atoms with Crippen LogP contribution >= 0.6 is 0 Å². The largest absolute Gasteiger partial charge is 0.369 e. The molecule has 88 valence electrons. The van der Waals surface area contributed by atoms with Crippen LogP contribution in [0.1, 0.15) is 13.8 Å². The van der Waals surface area contributed by atoms with Gasteiger partial charge >= 0.3 is 6.03 Å². The lowest BCUT2D eigenvalue weighted by Crippen LogP contribution is -2.59. The van der Waals surface area contributed by atoms with Crippen LogP contribution in [0.15, 0.2) is 0 Å². The highest BCUT2D eigenvalue weighted by Crippen LogP contribution is 2.15. The third-order valence-electron chi connectivity index (χ3n) is 2.70. The standard InChI is InChI=1S/C11H17N3O2/c1-4-9(7(2)3)13-11(16)14-5-8(6-14)10(12)15/h1,7-9H,5-6H2,2-3H3,(H2,12,15)(H,13,16)/t9-/m1/s1. The number of primary amides is 1. The predicted octanol–water partition coefficient (Wildman–Crippen LogP) is -0.229. The second-order valence-electron chi connectivity index (χ2n) is 4.34. The lowest BCUT2D eigenvalue weighted by atomic mass is 10.00. The number of rotatable bonds is 3. The van der Waals surface area contributed by atoms with E-state index in [0.29, 0.717) is 13.1 Å². The molecule has 0 aromatic rings. The fraction of sp³-hybridized carbons (Fsp3) is 0.636. The first-order chi connectivity index (χ1) is 7.45. The van der Waals surface area contributed by atoms with Gasteiger partial charge in [-0.3, -0.25) is 4.79 Å². The van der Waals surface area contributed by atoms with Gasteiger partial charge in [0.25, 0.3) is 0 Å². The Kier molecular flexibility index (Phi) is 3.78. The summed E-state index contributed by atoms with van der Waals surface area (Å²) in [5.74, 6) is 2.13. The van der Waals surface area contributed by atoms with E-state index in [9.17, 15) is 9.59 Å². The molecule has 0 aromatic heterocycles. The van der Waals surface area contributed by atoms with Gasteiger partial charge in [-0.15, -0.1) is 6.42 Å². The molecule has 0 saturated carbocycles. The fourth-order valence-electron chi connectivity index (χ4n) is 1.45. The molecule has 0 spiro atoms. The Hall–Kier alpha value is -1.70. The lowest BCUT2D eigenvalue weighted by Gasteiger charge is -2.38. The third kappa shape index (κ3) is 2.66. The summed E-state index contributed by atoms with van der Waals surface area (Å²) in [6.07, 6.45) is 5.30. The number of hydrogen-bond acceptors (Lipinski definition) is 2. The number of likely N-dealkylation sites (tertiary alicyclic amines) is 1. The van der Waals surface area contributed by atoms with E-state index in [0.717, 1.165) is 0 Å². The summed E-state index contributed by atoms with van der Waals surface area (Å²) in [7, 11) is 0. The molecule has 3 amide bonds. The van der Waals surface area contributed by atoms with Gasteiger partial charge in [-0.05, 0) is 5.92 Å². The molecule has 0 bridgehead atoms. The minimum absolute atomic E-state index is 0.183. The van der Waals surface area contributed by atoms with Gasteiger partial charge in [-0.2, -0.15) is 0 Å². The Bertz CT molecular complexity index is 327. The van der Waals surface area contributed by atoms with Crippen molar-refractivity contribution in [2.24, 2.45) is 17.6 Å². The van der Waals surface area contributed by atoms with Crippen LogP contribution in [-0.2, 0) is 4.79 Å². The number of amides is 3. The van der Waals surface area contributed by atoms with E-state index in [1.165, 1.54) is 4.90 Å². The molecule has 5 nitrogen and oxygen atoms in total. The number of carbonyl (C=O) groups excluding carboxylic acids is 2. The summed E-state index contributed by atoms with van der Waals surface area (Å²) in [5.41, 5.74) is 5.11. The quantitative estimate of drug-likeness (QED) is 0.648. The van der Waals surface area contributed by atoms with Crippen LogP contribution in [0, 0.1) is 24.2 Å². The molecule has 16 heavy (non-hydrogen) atoms. The second-order valence-corrected chi connectivity index (χ2v) is 4.34. The summed E-state index contributed by atoms with van der Waals surface area (Å²) < 4.78 is 0. The van der Waals surface area contributed by atoms with Gasteiger partial charge in [0.05, 0.1) is 12.0 Å². The van der Waals surface area contributed by atoms with E-state index in [4.69, 9.17) is 12.2 Å². The van der Waals surface area contributed by atoms with Gasteiger partial charge in [0.1, 0.15) is 0 Å². The van der Waals surface area contributed by atoms with E-state index < -0.39 is 0 Å². The van der Waals surface area contributed by atoms with E-state index in [1.54, 1.807) is 0 Å². The first-order valence-electron chi connectivity index (χ1n) is 5.26. The number of nitrogens with two attached hydrogens (primary N) is 1. The minimum atomic E-state index is -0.360. The van der Waals surface area contributed by atoms with Crippen molar-refractivity contribution in [3.05, 3.63) is 0 Å². The summed E-state index contributed by atoms with van der Waals surface area (Å²) in [5, 5.41) is 2.73. The van der Waals surface area contributed by atoms with Crippen LogP contribution in [0.25, 0.3) is 0 Å². The fourth-order valence-corrected chi connectivity index (χ4v) is 1.45. The van der Waals surface area contributed by atoms with Crippen LogP contribution in [0.4, 0.5) is 4.79 Å². The molecule has 1 aliphatic rings. The third-order valence-corrected chi connectivity index (χ3v) is 2.70. The summed E-state index contributed by atoms with van der Waals surface area (Å²) >= 11 is 0. The average Bonchev–Trinajstić information content (AvgIpc) is 2.10. The first kappa shape index (κ1) is 12.4. The highest BCUT2D eigenvalue weighted by atomic mass is 16.2. The SMILES string of the molecule is C#C[C@@H](NC(=O)N1CC(C(N)=O)C1)C(C)C. The maximum absolute atomic E-state index is 11.6. The molecule has 1 saturated heterocycles. The number of nitrogens with zero attached hydrogens (tertiary/aromatic N) is 1. The van der Waals surface area contributed by atoms with Crippen LogP contribution in [0.2, 0.25) is 0 Å². The van der Waals surface area contributed by atoms with Gasteiger partial charge in [0.2, 0.25) is 5.91 Å². The molecule has 0 aliphatic carbocycles. The number of nitrogens with one attached hydrogen (secondary N) is 1. The zero-order valence-electron chi connectivity index (χ0n) is 9.56. The molecule has 1 fully saturated rings. The summed E-state index contributed by atoms with van der Waals surface area (Å²) in [6, 6.07) is -0.505. The van der Waals surface area contributed by atoms with E-state index in [-0.39, 0.29) is 29.8 Å². The molecule has 0 radical (unpaired) electrons. The van der Waals surface area contributed by atoms with Crippen molar-refractivity contribution in [3.8, 4) is 12.3 Å². The van der Waals surface area contributed by atoms with Crippen molar-refractivity contribution < 1.29 is 9.59 Å². The van der Waals surface area contributed by atoms with Crippen molar-refractivity contribution in [1.29, 1.82) is 0 Å². The number of urea groups is 1. The molecule has 5 heteroatoms. The highest BCUT2D eigenvalue weighted by molar-refractivity contribution is 5.82. The normalized spacial score (nSPS) is 17.5. The van der Waals surface area contributed by atoms with Crippen LogP contribution in [0.5, 0.6) is 0 Å². The Morgan fingerprint density at radius 3 is 2.44 bits per heavy atom. The molecule has 1 heterocycles. The molecule has 0 unspecified atom stereocenters. The van der Waals surface area contributed by atoms with Crippen LogP contribution in [-0.4, -0.2) is 36.0 Å². The monoisotopic (exact) mass is 223 g/mol. The van der Waals surface area contributed by atoms with Gasteiger partial charge in [0, 0.05) is 13.1 Å². The van der Waals surface area contributed by atoms with Crippen molar-refractivity contribution in [3.63, 3.8) is 0 Å². The average molecular weight is 223 g/mol. The number of carbonyl (C=O) groups is 2. The van der Waals surface area contributed by atoms with Gasteiger partial charge < -0.3 is 16.0 Å². The van der Waals surface area contributed by atoms with Gasteiger partial charge in [-0.25, -0.2) is 4.79 Å². The lowest BCUT2D eigenvalue weighted by molar-refractivity contribution is -0.125. The van der Waals surface area contributed by atoms with Crippen molar-refractivity contribution in [2.75, 3.05) is 13.1 Å². The molecule has 1 atom stereocenters. The first-order valence-corrected chi connectivity index (χ1v) is 5.26. The molecule has 1 aliphatic heterocycles. The van der Waals surface area contributed by atoms with Crippen molar-refractivity contribution >= 4 is 11.9 Å². The Balaban J connectivity index is 2.38. The maximum atomic E-state index is 11.6. The molecular weight excluding hydrogens is 206 g/mol. The zero-order chi connectivity index (χ0) is 12.3. The van der Waals surface area contributed by atoms with Crippen LogP contribution < -0.4 is 11.1 Å². The van der Waals surface area contributed by atoms with E-state index in [1.807, 2.05) is 13.8 Å². The molecule has 3 N–H and O–H groups in total. The minimum Gasteiger partial charge on any atom is -0.369 e. The van der Waals surface area contributed by atoms with Crippen molar-refractivity contribution in [1.82, 2.24) is 10.2 Å².